The zero-order valence-electron chi connectivity index (χ0n) is 16.3. The number of furan rings is 1. The average Bonchev–Trinajstić information content (AvgIpc) is 3.42. The summed E-state index contributed by atoms with van der Waals surface area (Å²) >= 11 is 0. The topological polar surface area (TPSA) is 28.7 Å². The molecule has 0 fully saturated rings. The Balaban J connectivity index is 1.48. The van der Waals surface area contributed by atoms with Gasteiger partial charge in [0, 0.05) is 6.42 Å². The van der Waals surface area contributed by atoms with Crippen LogP contribution in [0.4, 0.5) is 5.69 Å². The lowest BCUT2D eigenvalue weighted by atomic mass is 9.99. The monoisotopic (exact) mass is 378 g/mol. The van der Waals surface area contributed by atoms with Crippen LogP contribution in [0.1, 0.15) is 29.5 Å². The molecule has 142 valence electrons. The van der Waals surface area contributed by atoms with E-state index in [4.69, 9.17) is 9.52 Å². The molecule has 3 aromatic carbocycles. The van der Waals surface area contributed by atoms with Crippen LogP contribution >= 0.6 is 0 Å². The maximum Gasteiger partial charge on any atom is 0.129 e. The van der Waals surface area contributed by atoms with E-state index in [1.165, 1.54) is 11.1 Å². The summed E-state index contributed by atoms with van der Waals surface area (Å²) in [7, 11) is 0. The van der Waals surface area contributed by atoms with E-state index < -0.39 is 0 Å². The number of hydrogen-bond acceptors (Lipinski definition) is 3. The Kier molecular flexibility index (Phi) is 4.49. The molecule has 0 spiro atoms. The molecular weight excluding hydrogens is 356 g/mol. The van der Waals surface area contributed by atoms with Crippen LogP contribution in [0, 0.1) is 6.92 Å². The first-order chi connectivity index (χ1) is 14.3. The minimum atomic E-state index is 0.0647. The maximum absolute atomic E-state index is 5.97. The fourth-order valence-electron chi connectivity index (χ4n) is 3.84. The van der Waals surface area contributed by atoms with Crippen LogP contribution in [0.2, 0.25) is 0 Å². The molecule has 1 aliphatic heterocycles. The van der Waals surface area contributed by atoms with E-state index in [-0.39, 0.29) is 6.04 Å². The van der Waals surface area contributed by atoms with E-state index in [9.17, 15) is 0 Å². The number of rotatable bonds is 4. The Morgan fingerprint density at radius 2 is 1.34 bits per heavy atom. The van der Waals surface area contributed by atoms with Crippen molar-refractivity contribution < 1.29 is 4.42 Å². The van der Waals surface area contributed by atoms with Crippen molar-refractivity contribution >= 4 is 11.4 Å². The molecule has 0 saturated heterocycles. The molecule has 1 aliphatic rings. The smallest absolute Gasteiger partial charge is 0.129 e. The quantitative estimate of drug-likeness (QED) is 0.400. The van der Waals surface area contributed by atoms with Crippen LogP contribution in [0.25, 0.3) is 11.1 Å². The van der Waals surface area contributed by atoms with E-state index >= 15 is 0 Å². The molecular formula is C26H22N2O. The fourth-order valence-corrected chi connectivity index (χ4v) is 3.84. The number of para-hydroxylation sites is 1. The van der Waals surface area contributed by atoms with Gasteiger partial charge in [0.05, 0.1) is 11.4 Å². The minimum absolute atomic E-state index is 0.0647. The van der Waals surface area contributed by atoms with Crippen LogP contribution < -0.4 is 5.01 Å². The van der Waals surface area contributed by atoms with Crippen LogP contribution in [0.15, 0.2) is 107 Å². The summed E-state index contributed by atoms with van der Waals surface area (Å²) < 4.78 is 5.97. The number of aryl methyl sites for hydroxylation is 1. The Morgan fingerprint density at radius 3 is 2.00 bits per heavy atom. The Morgan fingerprint density at radius 1 is 0.724 bits per heavy atom. The SMILES string of the molecule is Cc1ccc([C@H]2CC(c3ccc(-c4ccccc4)cc3)=NN2c2ccccc2)o1. The molecule has 1 aromatic heterocycles. The van der Waals surface area contributed by atoms with Crippen molar-refractivity contribution in [3.05, 3.63) is 114 Å². The zero-order chi connectivity index (χ0) is 19.6. The predicted molar refractivity (Wildman–Crippen MR) is 118 cm³/mol. The summed E-state index contributed by atoms with van der Waals surface area (Å²) in [5.74, 6) is 1.87. The van der Waals surface area contributed by atoms with Gasteiger partial charge in [-0.15, -0.1) is 0 Å². The third kappa shape index (κ3) is 3.47. The highest BCUT2D eigenvalue weighted by Crippen LogP contribution is 2.37. The Bertz CT molecular complexity index is 1130. The van der Waals surface area contributed by atoms with E-state index in [0.29, 0.717) is 0 Å². The molecule has 2 heterocycles. The highest BCUT2D eigenvalue weighted by atomic mass is 16.3. The second kappa shape index (κ2) is 7.44. The molecule has 0 bridgehead atoms. The molecule has 3 nitrogen and oxygen atoms in total. The van der Waals surface area contributed by atoms with Gasteiger partial charge in [0.25, 0.3) is 0 Å². The van der Waals surface area contributed by atoms with E-state index in [0.717, 1.165) is 34.9 Å². The second-order valence-electron chi connectivity index (χ2n) is 7.34. The highest BCUT2D eigenvalue weighted by molar-refractivity contribution is 6.03. The van der Waals surface area contributed by atoms with Crippen LogP contribution in [0.5, 0.6) is 0 Å². The van der Waals surface area contributed by atoms with Crippen LogP contribution in [-0.4, -0.2) is 5.71 Å². The molecule has 29 heavy (non-hydrogen) atoms. The normalized spacial score (nSPS) is 16.1. The summed E-state index contributed by atoms with van der Waals surface area (Å²) in [6.07, 6.45) is 0.812. The highest BCUT2D eigenvalue weighted by Gasteiger charge is 2.32. The van der Waals surface area contributed by atoms with Crippen LogP contribution in [-0.2, 0) is 0 Å². The molecule has 5 rings (SSSR count). The number of anilines is 1. The minimum Gasteiger partial charge on any atom is -0.464 e. The largest absolute Gasteiger partial charge is 0.464 e. The molecule has 0 aliphatic carbocycles. The van der Waals surface area contributed by atoms with E-state index in [1.807, 2.05) is 37.3 Å². The van der Waals surface area contributed by atoms with Crippen molar-refractivity contribution in [3.63, 3.8) is 0 Å². The third-order valence-electron chi connectivity index (χ3n) is 5.35. The summed E-state index contributed by atoms with van der Waals surface area (Å²) in [4.78, 5) is 0. The predicted octanol–water partition coefficient (Wildman–Crippen LogP) is 6.61. The lowest BCUT2D eigenvalue weighted by Gasteiger charge is -2.21. The molecule has 0 unspecified atom stereocenters. The summed E-state index contributed by atoms with van der Waals surface area (Å²) in [5, 5.41) is 7.07. The summed E-state index contributed by atoms with van der Waals surface area (Å²) in [6, 6.07) is 33.6. The van der Waals surface area contributed by atoms with Crippen molar-refractivity contribution in [1.29, 1.82) is 0 Å². The lowest BCUT2D eigenvalue weighted by molar-refractivity contribution is 0.445. The van der Waals surface area contributed by atoms with Gasteiger partial charge in [-0.2, -0.15) is 5.10 Å². The number of benzene rings is 3. The van der Waals surface area contributed by atoms with Crippen molar-refractivity contribution in [3.8, 4) is 11.1 Å². The third-order valence-corrected chi connectivity index (χ3v) is 5.35. The number of hydrazone groups is 1. The molecule has 3 heteroatoms. The standard InChI is InChI=1S/C26H22N2O/c1-19-12-17-26(29-19)25-18-24(27-28(25)23-10-6-3-7-11-23)22-15-13-21(14-16-22)20-8-4-2-5-9-20/h2-17,25H,18H2,1H3/t25-/m1/s1. The van der Waals surface area contributed by atoms with Crippen molar-refractivity contribution in [2.24, 2.45) is 5.10 Å². The van der Waals surface area contributed by atoms with E-state index in [2.05, 4.69) is 71.7 Å². The zero-order valence-corrected chi connectivity index (χ0v) is 16.3. The molecule has 0 saturated carbocycles. The van der Waals surface area contributed by atoms with Gasteiger partial charge in [0.1, 0.15) is 17.6 Å². The first-order valence-corrected chi connectivity index (χ1v) is 9.92. The fraction of sp³-hybridized carbons (Fsp3) is 0.115. The first kappa shape index (κ1) is 17.5. The maximum atomic E-state index is 5.97. The molecule has 0 N–H and O–H groups in total. The van der Waals surface area contributed by atoms with Gasteiger partial charge in [-0.3, -0.25) is 5.01 Å². The lowest BCUT2D eigenvalue weighted by Crippen LogP contribution is -2.17. The van der Waals surface area contributed by atoms with Gasteiger partial charge in [-0.25, -0.2) is 0 Å². The van der Waals surface area contributed by atoms with Gasteiger partial charge < -0.3 is 4.42 Å². The number of nitrogens with zero attached hydrogens (tertiary/aromatic N) is 2. The molecule has 1 atom stereocenters. The van der Waals surface area contributed by atoms with Gasteiger partial charge in [0.2, 0.25) is 0 Å². The molecule has 0 radical (unpaired) electrons. The van der Waals surface area contributed by atoms with Gasteiger partial charge in [0.15, 0.2) is 0 Å². The van der Waals surface area contributed by atoms with Crippen LogP contribution in [0.3, 0.4) is 0 Å². The Labute approximate surface area is 170 Å². The average molecular weight is 378 g/mol. The van der Waals surface area contributed by atoms with E-state index in [1.54, 1.807) is 0 Å². The first-order valence-electron chi connectivity index (χ1n) is 9.92. The van der Waals surface area contributed by atoms with Crippen molar-refractivity contribution in [2.45, 2.75) is 19.4 Å². The van der Waals surface area contributed by atoms with Crippen molar-refractivity contribution in [1.82, 2.24) is 0 Å². The number of hydrogen-bond donors (Lipinski definition) is 0. The summed E-state index contributed by atoms with van der Waals surface area (Å²) in [6.45, 7) is 1.98. The van der Waals surface area contributed by atoms with Crippen molar-refractivity contribution in [2.75, 3.05) is 5.01 Å². The van der Waals surface area contributed by atoms with Gasteiger partial charge in [-0.1, -0.05) is 72.8 Å². The molecule has 0 amide bonds. The van der Waals surface area contributed by atoms with Gasteiger partial charge >= 0.3 is 0 Å². The Hall–Kier alpha value is -3.59. The summed E-state index contributed by atoms with van der Waals surface area (Å²) in [5.41, 5.74) is 5.74. The van der Waals surface area contributed by atoms with Gasteiger partial charge in [-0.05, 0) is 47.9 Å². The molecule has 4 aromatic rings. The second-order valence-corrected chi connectivity index (χ2v) is 7.34.